The van der Waals surface area contributed by atoms with Gasteiger partial charge in [-0.15, -0.1) is 0 Å². The van der Waals surface area contributed by atoms with Gasteiger partial charge in [0, 0.05) is 24.5 Å². The number of rotatable bonds is 5. The molecule has 6 heteroatoms. The summed E-state index contributed by atoms with van der Waals surface area (Å²) < 4.78 is 0. The van der Waals surface area contributed by atoms with Crippen LogP contribution in [-0.4, -0.2) is 34.0 Å². The molecule has 0 saturated carbocycles. The smallest absolute Gasteiger partial charge is 0.321 e. The van der Waals surface area contributed by atoms with E-state index >= 15 is 0 Å². The number of aromatic nitrogens is 1. The summed E-state index contributed by atoms with van der Waals surface area (Å²) in [5.41, 5.74) is 3.73. The normalized spacial score (nSPS) is 10.9. The highest BCUT2D eigenvalue weighted by atomic mass is 16.7. The van der Waals surface area contributed by atoms with Gasteiger partial charge in [0.1, 0.15) is 0 Å². The van der Waals surface area contributed by atoms with Crippen LogP contribution in [0.4, 0.5) is 4.79 Å². The van der Waals surface area contributed by atoms with E-state index in [0.29, 0.717) is 13.0 Å². The summed E-state index contributed by atoms with van der Waals surface area (Å²) in [7, 11) is 0. The molecule has 6 nitrogen and oxygen atoms in total. The summed E-state index contributed by atoms with van der Waals surface area (Å²) in [5.74, 6) is -0.388. The quantitative estimate of drug-likeness (QED) is 0.837. The highest BCUT2D eigenvalue weighted by Gasteiger charge is 2.28. The van der Waals surface area contributed by atoms with E-state index in [9.17, 15) is 9.59 Å². The van der Waals surface area contributed by atoms with Crippen LogP contribution in [0.1, 0.15) is 31.9 Å². The van der Waals surface area contributed by atoms with Gasteiger partial charge in [-0.2, -0.15) is 5.48 Å². The highest BCUT2D eigenvalue weighted by molar-refractivity contribution is 5.79. The number of benzene rings is 1. The molecular weight excluding hydrogens is 330 g/mol. The number of hydroxylamine groups is 1. The maximum atomic E-state index is 12.4. The fraction of sp³-hybridized carbons (Fsp3) is 0.350. The molecule has 0 aliphatic heterocycles. The topological polar surface area (TPSA) is 71.5 Å². The summed E-state index contributed by atoms with van der Waals surface area (Å²) in [4.78, 5) is 34.9. The van der Waals surface area contributed by atoms with E-state index in [2.05, 4.69) is 10.5 Å². The molecule has 0 spiro atoms. The summed E-state index contributed by atoms with van der Waals surface area (Å²) in [6.45, 7) is 6.28. The molecule has 2 aromatic rings. The van der Waals surface area contributed by atoms with Crippen molar-refractivity contribution in [1.29, 1.82) is 0 Å². The van der Waals surface area contributed by atoms with Gasteiger partial charge in [-0.25, -0.2) is 4.79 Å². The van der Waals surface area contributed by atoms with E-state index in [1.54, 1.807) is 29.4 Å². The van der Waals surface area contributed by atoms with Crippen molar-refractivity contribution in [3.63, 3.8) is 0 Å². The van der Waals surface area contributed by atoms with E-state index in [0.717, 1.165) is 11.1 Å². The Morgan fingerprint density at radius 1 is 1.04 bits per heavy atom. The number of hydrogen-bond acceptors (Lipinski definition) is 4. The Labute approximate surface area is 154 Å². The Bertz CT molecular complexity index is 712. The van der Waals surface area contributed by atoms with E-state index < -0.39 is 11.6 Å². The standard InChI is InChI=1S/C20H25N3O3/c1-20(2,3)23(14-11-16-7-5-4-6-8-16)19(25)26-22-18(24)15-17-9-12-21-13-10-17/h4-10,12-13H,11,14-15H2,1-3H3,(H,22,24). The van der Waals surface area contributed by atoms with Crippen molar-refractivity contribution in [3.8, 4) is 0 Å². The van der Waals surface area contributed by atoms with Crippen molar-refractivity contribution in [1.82, 2.24) is 15.4 Å². The van der Waals surface area contributed by atoms with Crippen LogP contribution in [0, 0.1) is 0 Å². The summed E-state index contributed by atoms with van der Waals surface area (Å²) in [6.07, 6.45) is 3.48. The molecule has 1 N–H and O–H groups in total. The molecule has 0 atom stereocenters. The fourth-order valence-electron chi connectivity index (χ4n) is 2.46. The first-order chi connectivity index (χ1) is 12.4. The van der Waals surface area contributed by atoms with Gasteiger partial charge >= 0.3 is 6.09 Å². The number of pyridine rings is 1. The second kappa shape index (κ2) is 8.99. The molecule has 0 aliphatic rings. The minimum Gasteiger partial charge on any atom is -0.321 e. The molecule has 0 bridgehead atoms. The Kier molecular flexibility index (Phi) is 6.72. The van der Waals surface area contributed by atoms with Crippen LogP contribution in [0.25, 0.3) is 0 Å². The van der Waals surface area contributed by atoms with E-state index in [-0.39, 0.29) is 12.3 Å². The van der Waals surface area contributed by atoms with Crippen molar-refractivity contribution in [2.45, 2.75) is 39.2 Å². The first-order valence-electron chi connectivity index (χ1n) is 8.56. The summed E-state index contributed by atoms with van der Waals surface area (Å²) >= 11 is 0. The molecule has 0 fully saturated rings. The molecule has 1 aromatic heterocycles. The van der Waals surface area contributed by atoms with Crippen molar-refractivity contribution < 1.29 is 14.4 Å². The summed E-state index contributed by atoms with van der Waals surface area (Å²) in [5, 5.41) is 0. The Morgan fingerprint density at radius 3 is 2.31 bits per heavy atom. The van der Waals surface area contributed by atoms with E-state index in [4.69, 9.17) is 4.84 Å². The first-order valence-corrected chi connectivity index (χ1v) is 8.56. The lowest BCUT2D eigenvalue weighted by Crippen LogP contribution is -2.49. The molecule has 0 saturated heterocycles. The Balaban J connectivity index is 1.89. The van der Waals surface area contributed by atoms with Crippen molar-refractivity contribution in [3.05, 3.63) is 66.0 Å². The second-order valence-corrected chi connectivity index (χ2v) is 6.98. The van der Waals surface area contributed by atoms with E-state index in [1.165, 1.54) is 0 Å². The zero-order chi connectivity index (χ0) is 19.0. The third-order valence-electron chi connectivity index (χ3n) is 3.86. The van der Waals surface area contributed by atoms with Crippen LogP contribution in [0.5, 0.6) is 0 Å². The molecule has 2 amide bonds. The largest absolute Gasteiger partial charge is 0.434 e. The van der Waals surface area contributed by atoms with Gasteiger partial charge in [-0.3, -0.25) is 9.78 Å². The van der Waals surface area contributed by atoms with Gasteiger partial charge in [0.25, 0.3) is 5.91 Å². The van der Waals surface area contributed by atoms with Crippen LogP contribution in [0.3, 0.4) is 0 Å². The molecule has 0 aliphatic carbocycles. The molecule has 1 heterocycles. The van der Waals surface area contributed by atoms with Crippen LogP contribution in [0.2, 0.25) is 0 Å². The average molecular weight is 355 g/mol. The average Bonchev–Trinajstić information content (AvgIpc) is 2.61. The minimum absolute atomic E-state index is 0.120. The molecule has 0 radical (unpaired) electrons. The van der Waals surface area contributed by atoms with E-state index in [1.807, 2.05) is 51.1 Å². The van der Waals surface area contributed by atoms with Crippen molar-refractivity contribution >= 4 is 12.0 Å². The predicted octanol–water partition coefficient (Wildman–Crippen LogP) is 3.14. The van der Waals surface area contributed by atoms with Crippen molar-refractivity contribution in [2.75, 3.05) is 6.54 Å². The third kappa shape index (κ3) is 6.20. The highest BCUT2D eigenvalue weighted by Crippen LogP contribution is 2.15. The Morgan fingerprint density at radius 2 is 1.69 bits per heavy atom. The van der Waals surface area contributed by atoms with Crippen LogP contribution in [0.15, 0.2) is 54.9 Å². The fourth-order valence-corrected chi connectivity index (χ4v) is 2.46. The predicted molar refractivity (Wildman–Crippen MR) is 99.2 cm³/mol. The first kappa shape index (κ1) is 19.4. The molecule has 1 aromatic carbocycles. The number of nitrogens with zero attached hydrogens (tertiary/aromatic N) is 2. The lowest BCUT2D eigenvalue weighted by Gasteiger charge is -2.34. The maximum absolute atomic E-state index is 12.4. The minimum atomic E-state index is -0.573. The number of amides is 2. The summed E-state index contributed by atoms with van der Waals surface area (Å²) in [6, 6.07) is 13.4. The maximum Gasteiger partial charge on any atom is 0.434 e. The van der Waals surface area contributed by atoms with Gasteiger partial charge in [0.2, 0.25) is 0 Å². The number of hydrogen-bond donors (Lipinski definition) is 1. The van der Waals surface area contributed by atoms with Gasteiger partial charge in [-0.1, -0.05) is 30.3 Å². The SMILES string of the molecule is CC(C)(C)N(CCc1ccccc1)C(=O)ONC(=O)Cc1ccncc1. The van der Waals surface area contributed by atoms with Crippen LogP contribution in [-0.2, 0) is 22.5 Å². The number of nitrogens with one attached hydrogen (secondary N) is 1. The van der Waals surface area contributed by atoms with Gasteiger partial charge in [0.05, 0.1) is 6.42 Å². The molecule has 26 heavy (non-hydrogen) atoms. The molecular formula is C20H25N3O3. The zero-order valence-electron chi connectivity index (χ0n) is 15.4. The molecule has 0 unspecified atom stereocenters. The van der Waals surface area contributed by atoms with Gasteiger partial charge < -0.3 is 9.74 Å². The Hall–Kier alpha value is -2.89. The molecule has 2 rings (SSSR count). The zero-order valence-corrected chi connectivity index (χ0v) is 15.4. The lowest BCUT2D eigenvalue weighted by molar-refractivity contribution is -0.129. The van der Waals surface area contributed by atoms with Crippen LogP contribution < -0.4 is 5.48 Å². The lowest BCUT2D eigenvalue weighted by atomic mass is 10.1. The van der Waals surface area contributed by atoms with Gasteiger partial charge in [-0.05, 0) is 50.5 Å². The third-order valence-corrected chi connectivity index (χ3v) is 3.86. The van der Waals surface area contributed by atoms with Gasteiger partial charge in [0.15, 0.2) is 0 Å². The second-order valence-electron chi connectivity index (χ2n) is 6.98. The molecule has 138 valence electrons. The monoisotopic (exact) mass is 355 g/mol. The number of carbonyl (C=O) groups excluding carboxylic acids is 2. The van der Waals surface area contributed by atoms with Crippen LogP contribution >= 0.6 is 0 Å². The van der Waals surface area contributed by atoms with Crippen molar-refractivity contribution in [2.24, 2.45) is 0 Å². The number of carbonyl (C=O) groups is 2.